The highest BCUT2D eigenvalue weighted by Crippen LogP contribution is 2.37. The highest BCUT2D eigenvalue weighted by Gasteiger charge is 2.49. The summed E-state index contributed by atoms with van der Waals surface area (Å²) < 4.78 is 0. The van der Waals surface area contributed by atoms with E-state index in [1.165, 1.54) is 22.5 Å². The molecule has 1 aromatic carbocycles. The van der Waals surface area contributed by atoms with E-state index in [-0.39, 0.29) is 0 Å². The van der Waals surface area contributed by atoms with Crippen molar-refractivity contribution in [2.45, 2.75) is 63.8 Å². The Morgan fingerprint density at radius 2 is 1.94 bits per heavy atom. The number of nitrogens with zero attached hydrogens (tertiary/aromatic N) is 2. The van der Waals surface area contributed by atoms with Crippen LogP contribution in [0.3, 0.4) is 0 Å². The molecule has 170 valence electrons. The minimum absolute atomic E-state index is 0.390. The molecule has 0 radical (unpaired) electrons. The third kappa shape index (κ3) is 3.70. The first-order valence-electron chi connectivity index (χ1n) is 11.5. The van der Waals surface area contributed by atoms with Crippen molar-refractivity contribution >= 4 is 34.2 Å². The minimum Gasteiger partial charge on any atom is -0.319 e. The van der Waals surface area contributed by atoms with E-state index in [0.717, 1.165) is 72.3 Å². The quantitative estimate of drug-likeness (QED) is 0.533. The number of nitriles is 1. The topological polar surface area (TPSA) is 102 Å². The number of hydrogen-bond donors (Lipinski definition) is 2. The van der Waals surface area contributed by atoms with Gasteiger partial charge in [0, 0.05) is 4.88 Å². The Labute approximate surface area is 196 Å². The lowest BCUT2D eigenvalue weighted by Gasteiger charge is -2.23. The number of urea groups is 1. The number of aryl methyl sites for hydroxylation is 3. The Morgan fingerprint density at radius 1 is 1.15 bits per heavy atom. The van der Waals surface area contributed by atoms with Crippen LogP contribution < -0.4 is 10.6 Å². The second kappa shape index (κ2) is 8.31. The maximum atomic E-state index is 13.3. The second-order valence-corrected chi connectivity index (χ2v) is 10.3. The van der Waals surface area contributed by atoms with E-state index >= 15 is 0 Å². The molecular weight excluding hydrogens is 436 g/mol. The van der Waals surface area contributed by atoms with Gasteiger partial charge in [-0.1, -0.05) is 24.6 Å². The van der Waals surface area contributed by atoms with Crippen molar-refractivity contribution in [2.75, 3.05) is 11.9 Å². The molecule has 8 heteroatoms. The van der Waals surface area contributed by atoms with Gasteiger partial charge in [-0.3, -0.25) is 14.5 Å². The summed E-state index contributed by atoms with van der Waals surface area (Å²) in [5, 5.41) is 15.8. The Morgan fingerprint density at radius 3 is 2.76 bits per heavy atom. The Hall–Kier alpha value is -3.18. The summed E-state index contributed by atoms with van der Waals surface area (Å²) in [6.45, 7) is 1.30. The Balaban J connectivity index is 1.33. The maximum Gasteiger partial charge on any atom is 0.325 e. The second-order valence-electron chi connectivity index (χ2n) is 9.21. The summed E-state index contributed by atoms with van der Waals surface area (Å²) in [7, 11) is 0. The van der Waals surface area contributed by atoms with Crippen LogP contribution in [0.15, 0.2) is 18.2 Å². The predicted molar refractivity (Wildman–Crippen MR) is 125 cm³/mol. The molecule has 1 saturated heterocycles. The Kier molecular flexibility index (Phi) is 5.45. The van der Waals surface area contributed by atoms with Gasteiger partial charge in [0.25, 0.3) is 5.91 Å². The average molecular weight is 463 g/mol. The smallest absolute Gasteiger partial charge is 0.319 e. The standard InChI is InChI=1S/C25H26N4O3S/c1-25(17-11-10-15-6-5-7-16(15)12-17)23(31)29(24(32)28-25)14-21(30)27-22-19(13-26)18-8-3-2-4-9-20(18)33-22/h10-12H,2-9,14H2,1H3,(H,27,30)(H,28,32). The van der Waals surface area contributed by atoms with Crippen LogP contribution in [-0.2, 0) is 40.8 Å². The highest BCUT2D eigenvalue weighted by molar-refractivity contribution is 7.16. The minimum atomic E-state index is -1.20. The largest absolute Gasteiger partial charge is 0.325 e. The van der Waals surface area contributed by atoms with Gasteiger partial charge in [-0.25, -0.2) is 4.79 Å². The van der Waals surface area contributed by atoms with Gasteiger partial charge in [-0.2, -0.15) is 5.26 Å². The zero-order valence-electron chi connectivity index (χ0n) is 18.6. The Bertz CT molecular complexity index is 1210. The number of benzene rings is 1. The van der Waals surface area contributed by atoms with E-state index < -0.39 is 29.9 Å². The lowest BCUT2D eigenvalue weighted by atomic mass is 9.89. The summed E-state index contributed by atoms with van der Waals surface area (Å²) in [5.41, 5.74) is 3.59. The van der Waals surface area contributed by atoms with Crippen molar-refractivity contribution in [3.63, 3.8) is 0 Å². The van der Waals surface area contributed by atoms with Gasteiger partial charge in [0.2, 0.25) is 5.91 Å². The number of nitrogens with one attached hydrogen (secondary N) is 2. The van der Waals surface area contributed by atoms with Crippen molar-refractivity contribution in [3.8, 4) is 6.07 Å². The van der Waals surface area contributed by atoms with Crippen molar-refractivity contribution in [3.05, 3.63) is 50.9 Å². The van der Waals surface area contributed by atoms with E-state index in [9.17, 15) is 19.6 Å². The number of hydrogen-bond acceptors (Lipinski definition) is 5. The van der Waals surface area contributed by atoms with Gasteiger partial charge in [-0.05, 0) is 74.1 Å². The molecule has 1 aliphatic heterocycles. The van der Waals surface area contributed by atoms with Crippen molar-refractivity contribution in [2.24, 2.45) is 0 Å². The lowest BCUT2D eigenvalue weighted by Crippen LogP contribution is -2.42. The number of carbonyl (C=O) groups is 3. The number of rotatable bonds is 4. The molecule has 2 aromatic rings. The zero-order chi connectivity index (χ0) is 23.2. The van der Waals surface area contributed by atoms with Crippen molar-refractivity contribution in [1.82, 2.24) is 10.2 Å². The van der Waals surface area contributed by atoms with Crippen LogP contribution in [0.5, 0.6) is 0 Å². The maximum absolute atomic E-state index is 13.3. The molecule has 3 aliphatic rings. The molecule has 1 fully saturated rings. The number of carbonyl (C=O) groups excluding carboxylic acids is 3. The van der Waals surface area contributed by atoms with Crippen LogP contribution in [0.4, 0.5) is 9.80 Å². The van der Waals surface area contributed by atoms with Crippen LogP contribution in [0.25, 0.3) is 0 Å². The normalized spacial score (nSPS) is 21.8. The van der Waals surface area contributed by atoms with Gasteiger partial charge >= 0.3 is 6.03 Å². The summed E-state index contributed by atoms with van der Waals surface area (Å²) >= 11 is 1.44. The van der Waals surface area contributed by atoms with Crippen molar-refractivity contribution < 1.29 is 14.4 Å². The molecule has 0 saturated carbocycles. The molecule has 0 spiro atoms. The number of fused-ring (bicyclic) bond motifs is 2. The van der Waals surface area contributed by atoms with E-state index in [1.54, 1.807) is 6.92 Å². The summed E-state index contributed by atoms with van der Waals surface area (Å²) in [6.07, 6.45) is 8.12. The molecule has 5 rings (SSSR count). The summed E-state index contributed by atoms with van der Waals surface area (Å²) in [5.74, 6) is -0.923. The third-order valence-electron chi connectivity index (χ3n) is 7.04. The number of anilines is 1. The molecule has 2 N–H and O–H groups in total. The first kappa shape index (κ1) is 21.7. The van der Waals surface area contributed by atoms with Gasteiger partial charge in [0.1, 0.15) is 23.2 Å². The molecule has 2 aliphatic carbocycles. The molecule has 7 nitrogen and oxygen atoms in total. The van der Waals surface area contributed by atoms with Crippen LogP contribution in [0.2, 0.25) is 0 Å². The van der Waals surface area contributed by atoms with Crippen LogP contribution in [0, 0.1) is 11.3 Å². The van der Waals surface area contributed by atoms with E-state index in [2.05, 4.69) is 16.7 Å². The number of thiophene rings is 1. The number of amides is 4. The zero-order valence-corrected chi connectivity index (χ0v) is 19.4. The molecule has 33 heavy (non-hydrogen) atoms. The van der Waals surface area contributed by atoms with Crippen LogP contribution >= 0.6 is 11.3 Å². The molecule has 2 heterocycles. The lowest BCUT2D eigenvalue weighted by molar-refractivity contribution is -0.133. The van der Waals surface area contributed by atoms with Crippen LogP contribution in [-0.4, -0.2) is 29.3 Å². The van der Waals surface area contributed by atoms with Gasteiger partial charge < -0.3 is 10.6 Å². The average Bonchev–Trinajstić information content (AvgIpc) is 3.39. The van der Waals surface area contributed by atoms with Gasteiger partial charge in [0.05, 0.1) is 5.56 Å². The van der Waals surface area contributed by atoms with E-state index in [1.807, 2.05) is 18.2 Å². The van der Waals surface area contributed by atoms with Gasteiger partial charge in [-0.15, -0.1) is 11.3 Å². The molecule has 0 bridgehead atoms. The molecule has 1 aromatic heterocycles. The van der Waals surface area contributed by atoms with Crippen molar-refractivity contribution in [1.29, 1.82) is 5.26 Å². The van der Waals surface area contributed by atoms with Crippen LogP contribution in [0.1, 0.15) is 65.3 Å². The molecule has 1 atom stereocenters. The molecule has 1 unspecified atom stereocenters. The summed E-state index contributed by atoms with van der Waals surface area (Å²) in [6, 6.07) is 7.58. The van der Waals surface area contributed by atoms with Gasteiger partial charge in [0.15, 0.2) is 0 Å². The predicted octanol–water partition coefficient (Wildman–Crippen LogP) is 3.78. The SMILES string of the molecule is CC1(c2ccc3c(c2)CCC3)NC(=O)N(CC(=O)Nc2sc3c(c2C#N)CCCCC3)C1=O. The molecular formula is C25H26N4O3S. The van der Waals surface area contributed by atoms with E-state index in [0.29, 0.717) is 10.6 Å². The number of imide groups is 1. The fourth-order valence-corrected chi connectivity index (χ4v) is 6.43. The van der Waals surface area contributed by atoms with E-state index in [4.69, 9.17) is 0 Å². The first-order chi connectivity index (χ1) is 15.9. The monoisotopic (exact) mass is 462 g/mol. The fourth-order valence-electron chi connectivity index (χ4n) is 5.18. The highest BCUT2D eigenvalue weighted by atomic mass is 32.1. The first-order valence-corrected chi connectivity index (χ1v) is 12.3. The molecule has 4 amide bonds. The fraction of sp³-hybridized carbons (Fsp3) is 0.440. The summed E-state index contributed by atoms with van der Waals surface area (Å²) in [4.78, 5) is 40.9. The third-order valence-corrected chi connectivity index (χ3v) is 8.25.